The fourth-order valence-corrected chi connectivity index (χ4v) is 3.51. The van der Waals surface area contributed by atoms with Gasteiger partial charge in [0, 0.05) is 37.2 Å². The van der Waals surface area contributed by atoms with Crippen LogP contribution in [0.25, 0.3) is 0 Å². The van der Waals surface area contributed by atoms with Gasteiger partial charge in [0.05, 0.1) is 11.7 Å². The molecule has 1 aromatic heterocycles. The van der Waals surface area contributed by atoms with E-state index in [1.807, 2.05) is 13.1 Å². The van der Waals surface area contributed by atoms with Crippen LogP contribution in [-0.2, 0) is 0 Å². The first kappa shape index (κ1) is 17.2. The molecule has 0 aliphatic carbocycles. The van der Waals surface area contributed by atoms with Crippen molar-refractivity contribution in [2.75, 3.05) is 36.9 Å². The van der Waals surface area contributed by atoms with Gasteiger partial charge in [0.25, 0.3) is 0 Å². The summed E-state index contributed by atoms with van der Waals surface area (Å²) in [5.74, 6) is 2.06. The van der Waals surface area contributed by atoms with Crippen molar-refractivity contribution in [2.45, 2.75) is 25.8 Å². The molecule has 1 aliphatic rings. The van der Waals surface area contributed by atoms with Crippen molar-refractivity contribution in [1.82, 2.24) is 15.3 Å². The van der Waals surface area contributed by atoms with Crippen LogP contribution >= 0.6 is 15.9 Å². The summed E-state index contributed by atoms with van der Waals surface area (Å²) in [6, 6.07) is 10.8. The lowest BCUT2D eigenvalue weighted by Crippen LogP contribution is -2.46. The van der Waals surface area contributed by atoms with E-state index in [9.17, 15) is 0 Å². The molecule has 1 atom stereocenters. The highest BCUT2D eigenvalue weighted by atomic mass is 79.9. The summed E-state index contributed by atoms with van der Waals surface area (Å²) >= 11 is 3.67. The fourth-order valence-electron chi connectivity index (χ4n) is 2.95. The van der Waals surface area contributed by atoms with Crippen molar-refractivity contribution in [1.29, 1.82) is 0 Å². The Labute approximate surface area is 152 Å². The number of piperazine rings is 1. The lowest BCUT2D eigenvalue weighted by atomic mass is 10.0. The zero-order valence-electron chi connectivity index (χ0n) is 14.4. The molecule has 128 valence electrons. The summed E-state index contributed by atoms with van der Waals surface area (Å²) in [4.78, 5) is 11.6. The summed E-state index contributed by atoms with van der Waals surface area (Å²) in [6.07, 6.45) is 0. The number of aromatic nitrogens is 2. The molecule has 0 amide bonds. The third-order valence-electron chi connectivity index (χ3n) is 4.33. The van der Waals surface area contributed by atoms with Gasteiger partial charge in [0.15, 0.2) is 0 Å². The molecule has 1 aliphatic heterocycles. The molecule has 0 radical (unpaired) electrons. The number of nitrogens with one attached hydrogen (secondary N) is 2. The molecule has 2 aromatic rings. The molecular formula is C18H24BrN5. The number of rotatable bonds is 4. The minimum absolute atomic E-state index is 0.282. The van der Waals surface area contributed by atoms with E-state index in [-0.39, 0.29) is 6.04 Å². The van der Waals surface area contributed by atoms with E-state index in [1.54, 1.807) is 0 Å². The molecule has 1 fully saturated rings. The van der Waals surface area contributed by atoms with E-state index < -0.39 is 0 Å². The molecule has 3 rings (SSSR count). The molecule has 24 heavy (non-hydrogen) atoms. The van der Waals surface area contributed by atoms with Crippen LogP contribution in [0.15, 0.2) is 34.8 Å². The quantitative estimate of drug-likeness (QED) is 0.836. The minimum Gasteiger partial charge on any atom is -0.357 e. The van der Waals surface area contributed by atoms with Gasteiger partial charge in [-0.15, -0.1) is 0 Å². The zero-order valence-corrected chi connectivity index (χ0v) is 16.0. The van der Waals surface area contributed by atoms with Crippen LogP contribution in [0, 0.1) is 0 Å². The van der Waals surface area contributed by atoms with Crippen molar-refractivity contribution in [3.8, 4) is 0 Å². The van der Waals surface area contributed by atoms with Crippen LogP contribution in [0.4, 0.5) is 11.8 Å². The van der Waals surface area contributed by atoms with E-state index >= 15 is 0 Å². The van der Waals surface area contributed by atoms with Gasteiger partial charge in [-0.05, 0) is 17.5 Å². The second kappa shape index (κ2) is 7.49. The summed E-state index contributed by atoms with van der Waals surface area (Å²) < 4.78 is 1.14. The Morgan fingerprint density at radius 1 is 1.29 bits per heavy atom. The van der Waals surface area contributed by atoms with E-state index in [2.05, 4.69) is 79.5 Å². The third kappa shape index (κ3) is 3.70. The first-order valence-corrected chi connectivity index (χ1v) is 9.17. The Balaban J connectivity index is 1.87. The van der Waals surface area contributed by atoms with Gasteiger partial charge < -0.3 is 15.5 Å². The third-order valence-corrected chi connectivity index (χ3v) is 5.05. The largest absolute Gasteiger partial charge is 0.357 e. The molecule has 0 spiro atoms. The van der Waals surface area contributed by atoms with E-state index in [4.69, 9.17) is 0 Å². The molecule has 2 N–H and O–H groups in total. The van der Waals surface area contributed by atoms with E-state index in [0.29, 0.717) is 11.9 Å². The number of benzene rings is 1. The highest BCUT2D eigenvalue weighted by Crippen LogP contribution is 2.28. The maximum Gasteiger partial charge on any atom is 0.224 e. The van der Waals surface area contributed by atoms with Crippen LogP contribution in [0.5, 0.6) is 0 Å². The predicted molar refractivity (Wildman–Crippen MR) is 103 cm³/mol. The van der Waals surface area contributed by atoms with Crippen LogP contribution in [0.2, 0.25) is 0 Å². The Hall–Kier alpha value is -1.66. The Kier molecular flexibility index (Phi) is 5.36. The van der Waals surface area contributed by atoms with Gasteiger partial charge in [0.1, 0.15) is 5.82 Å². The Morgan fingerprint density at radius 2 is 2.08 bits per heavy atom. The van der Waals surface area contributed by atoms with Crippen LogP contribution in [-0.4, -0.2) is 36.6 Å². The summed E-state index contributed by atoms with van der Waals surface area (Å²) in [5.41, 5.74) is 2.36. The maximum absolute atomic E-state index is 4.67. The van der Waals surface area contributed by atoms with Crippen molar-refractivity contribution < 1.29 is 0 Å². The Bertz CT molecular complexity index is 704. The molecule has 1 saturated heterocycles. The maximum atomic E-state index is 4.67. The smallest absolute Gasteiger partial charge is 0.224 e. The van der Waals surface area contributed by atoms with Gasteiger partial charge in [-0.3, -0.25) is 0 Å². The van der Waals surface area contributed by atoms with Gasteiger partial charge in [-0.2, -0.15) is 4.98 Å². The van der Waals surface area contributed by atoms with Crippen molar-refractivity contribution in [3.63, 3.8) is 0 Å². The molecule has 1 aromatic carbocycles. The second-order valence-corrected chi connectivity index (χ2v) is 7.21. The minimum atomic E-state index is 0.282. The average molecular weight is 390 g/mol. The molecule has 5 nitrogen and oxygen atoms in total. The SMILES string of the molecule is CNc1nc(C(C)C)cc(N2CCN[C@@H](c3ccccc3Br)C2)n1. The molecule has 0 bridgehead atoms. The zero-order chi connectivity index (χ0) is 17.1. The molecule has 2 heterocycles. The van der Waals surface area contributed by atoms with Gasteiger partial charge in [-0.25, -0.2) is 4.98 Å². The van der Waals surface area contributed by atoms with Crippen molar-refractivity contribution >= 4 is 27.7 Å². The van der Waals surface area contributed by atoms with Gasteiger partial charge in [-0.1, -0.05) is 48.0 Å². The monoisotopic (exact) mass is 389 g/mol. The molecule has 0 unspecified atom stereocenters. The lowest BCUT2D eigenvalue weighted by molar-refractivity contribution is 0.468. The lowest BCUT2D eigenvalue weighted by Gasteiger charge is -2.35. The predicted octanol–water partition coefficient (Wildman–Crippen LogP) is 3.56. The summed E-state index contributed by atoms with van der Waals surface area (Å²) in [5, 5.41) is 6.69. The van der Waals surface area contributed by atoms with Gasteiger partial charge in [0.2, 0.25) is 5.95 Å². The number of halogens is 1. The number of hydrogen-bond acceptors (Lipinski definition) is 5. The number of anilines is 2. The fraction of sp³-hybridized carbons (Fsp3) is 0.444. The standard InChI is InChI=1S/C18H24BrN5/c1-12(2)15-10-17(23-18(20-3)22-15)24-9-8-21-16(11-24)13-6-4-5-7-14(13)19/h4-7,10,12,16,21H,8-9,11H2,1-3H3,(H,20,22,23)/t16-/m1/s1. The first-order chi connectivity index (χ1) is 11.6. The summed E-state index contributed by atoms with van der Waals surface area (Å²) in [6.45, 7) is 7.08. The molecular weight excluding hydrogens is 366 g/mol. The molecule has 6 heteroatoms. The normalized spacial score (nSPS) is 18.0. The van der Waals surface area contributed by atoms with E-state index in [1.165, 1.54) is 5.56 Å². The highest BCUT2D eigenvalue weighted by molar-refractivity contribution is 9.10. The van der Waals surface area contributed by atoms with Gasteiger partial charge >= 0.3 is 0 Å². The van der Waals surface area contributed by atoms with Crippen LogP contribution in [0.1, 0.15) is 37.1 Å². The van der Waals surface area contributed by atoms with Crippen molar-refractivity contribution in [3.05, 3.63) is 46.1 Å². The number of nitrogens with zero attached hydrogens (tertiary/aromatic N) is 3. The Morgan fingerprint density at radius 3 is 2.79 bits per heavy atom. The number of hydrogen-bond donors (Lipinski definition) is 2. The second-order valence-electron chi connectivity index (χ2n) is 6.35. The topological polar surface area (TPSA) is 53.1 Å². The average Bonchev–Trinajstić information content (AvgIpc) is 2.61. The molecule has 0 saturated carbocycles. The van der Waals surface area contributed by atoms with Crippen LogP contribution in [0.3, 0.4) is 0 Å². The highest BCUT2D eigenvalue weighted by Gasteiger charge is 2.24. The summed E-state index contributed by atoms with van der Waals surface area (Å²) in [7, 11) is 1.87. The van der Waals surface area contributed by atoms with E-state index in [0.717, 1.165) is 35.6 Å². The van der Waals surface area contributed by atoms with Crippen LogP contribution < -0.4 is 15.5 Å². The first-order valence-electron chi connectivity index (χ1n) is 8.38. The van der Waals surface area contributed by atoms with Crippen molar-refractivity contribution in [2.24, 2.45) is 0 Å².